The summed E-state index contributed by atoms with van der Waals surface area (Å²) in [6.45, 7) is 9.53. The van der Waals surface area contributed by atoms with Gasteiger partial charge in [0, 0.05) is 15.1 Å². The number of fused-ring (bicyclic) bond motifs is 1. The normalized spacial score (nSPS) is 10.9. The SMILES string of the molecule is CCOC(=O)c1c(C)nc(C)c(C(=O)OCC)c1-c1sc2ccccc2c1C. The van der Waals surface area contributed by atoms with Crippen LogP contribution in [-0.2, 0) is 9.47 Å². The number of carbonyl (C=O) groups excluding carboxylic acids is 2. The van der Waals surface area contributed by atoms with Gasteiger partial charge in [-0.3, -0.25) is 4.98 Å². The van der Waals surface area contributed by atoms with E-state index in [0.29, 0.717) is 28.1 Å². The molecule has 3 aromatic rings. The predicted octanol–water partition coefficient (Wildman–Crippen LogP) is 5.24. The first-order valence-electron chi connectivity index (χ1n) is 9.24. The van der Waals surface area contributed by atoms with Gasteiger partial charge < -0.3 is 9.47 Å². The summed E-state index contributed by atoms with van der Waals surface area (Å²) in [6, 6.07) is 8.03. The third-order valence-electron chi connectivity index (χ3n) is 4.59. The molecule has 0 aliphatic carbocycles. The zero-order valence-corrected chi connectivity index (χ0v) is 17.5. The Balaban J connectivity index is 2.42. The summed E-state index contributed by atoms with van der Waals surface area (Å²) in [5.41, 5.74) is 3.30. The predicted molar refractivity (Wildman–Crippen MR) is 111 cm³/mol. The van der Waals surface area contributed by atoms with Gasteiger partial charge in [0.15, 0.2) is 0 Å². The zero-order valence-electron chi connectivity index (χ0n) is 16.7. The highest BCUT2D eigenvalue weighted by molar-refractivity contribution is 7.22. The maximum Gasteiger partial charge on any atom is 0.340 e. The third kappa shape index (κ3) is 3.40. The Kier molecular flexibility index (Phi) is 5.79. The molecule has 0 aliphatic heterocycles. The first-order valence-corrected chi connectivity index (χ1v) is 10.1. The second-order valence-corrected chi connectivity index (χ2v) is 7.45. The third-order valence-corrected chi connectivity index (χ3v) is 5.88. The van der Waals surface area contributed by atoms with Crippen LogP contribution in [0.25, 0.3) is 20.5 Å². The summed E-state index contributed by atoms with van der Waals surface area (Å²) >= 11 is 1.55. The second kappa shape index (κ2) is 8.10. The van der Waals surface area contributed by atoms with Crippen LogP contribution in [0.5, 0.6) is 0 Å². The van der Waals surface area contributed by atoms with E-state index < -0.39 is 11.9 Å². The molecule has 0 radical (unpaired) electrons. The Bertz CT molecular complexity index is 1030. The molecule has 146 valence electrons. The minimum atomic E-state index is -0.482. The number of thiophene rings is 1. The van der Waals surface area contributed by atoms with Gasteiger partial charge in [-0.05, 0) is 51.6 Å². The highest BCUT2D eigenvalue weighted by atomic mass is 32.1. The van der Waals surface area contributed by atoms with Crippen molar-refractivity contribution in [2.24, 2.45) is 0 Å². The lowest BCUT2D eigenvalue weighted by atomic mass is 9.94. The van der Waals surface area contributed by atoms with Crippen LogP contribution in [0.4, 0.5) is 0 Å². The largest absolute Gasteiger partial charge is 0.462 e. The Morgan fingerprint density at radius 2 is 1.46 bits per heavy atom. The molecule has 5 nitrogen and oxygen atoms in total. The first-order chi connectivity index (χ1) is 13.4. The van der Waals surface area contributed by atoms with Crippen LogP contribution in [-0.4, -0.2) is 30.1 Å². The zero-order chi connectivity index (χ0) is 20.4. The maximum absolute atomic E-state index is 12.8. The van der Waals surface area contributed by atoms with Crippen LogP contribution in [0.2, 0.25) is 0 Å². The highest BCUT2D eigenvalue weighted by Crippen LogP contribution is 2.42. The molecule has 0 bridgehead atoms. The number of aromatic nitrogens is 1. The van der Waals surface area contributed by atoms with E-state index in [0.717, 1.165) is 20.5 Å². The summed E-state index contributed by atoms with van der Waals surface area (Å²) < 4.78 is 11.7. The molecule has 0 fully saturated rings. The fraction of sp³-hybridized carbons (Fsp3) is 0.318. The quantitative estimate of drug-likeness (QED) is 0.551. The van der Waals surface area contributed by atoms with Gasteiger partial charge in [-0.15, -0.1) is 11.3 Å². The van der Waals surface area contributed by atoms with Crippen LogP contribution in [0.3, 0.4) is 0 Å². The summed E-state index contributed by atoms with van der Waals surface area (Å²) in [4.78, 5) is 31.0. The van der Waals surface area contributed by atoms with E-state index in [4.69, 9.17) is 9.47 Å². The van der Waals surface area contributed by atoms with Crippen molar-refractivity contribution in [1.82, 2.24) is 4.98 Å². The number of pyridine rings is 1. The maximum atomic E-state index is 12.8. The molecule has 6 heteroatoms. The summed E-state index contributed by atoms with van der Waals surface area (Å²) in [5, 5.41) is 1.10. The number of rotatable bonds is 5. The van der Waals surface area contributed by atoms with Crippen LogP contribution >= 0.6 is 11.3 Å². The second-order valence-electron chi connectivity index (χ2n) is 6.40. The molecule has 0 saturated carbocycles. The lowest BCUT2D eigenvalue weighted by molar-refractivity contribution is 0.0525. The molecular weight excluding hydrogens is 374 g/mol. The molecule has 0 amide bonds. The molecule has 0 spiro atoms. The fourth-order valence-electron chi connectivity index (χ4n) is 3.40. The summed E-state index contributed by atoms with van der Waals surface area (Å²) in [7, 11) is 0. The van der Waals surface area contributed by atoms with Crippen molar-refractivity contribution >= 4 is 33.4 Å². The van der Waals surface area contributed by atoms with Crippen molar-refractivity contribution < 1.29 is 19.1 Å². The number of ether oxygens (including phenoxy) is 2. The van der Waals surface area contributed by atoms with Crippen molar-refractivity contribution in [3.63, 3.8) is 0 Å². The van der Waals surface area contributed by atoms with Gasteiger partial charge >= 0.3 is 11.9 Å². The topological polar surface area (TPSA) is 65.5 Å². The number of benzene rings is 1. The molecule has 0 saturated heterocycles. The van der Waals surface area contributed by atoms with Gasteiger partial charge in [0.1, 0.15) is 0 Å². The van der Waals surface area contributed by atoms with E-state index in [1.54, 1.807) is 39.0 Å². The van der Waals surface area contributed by atoms with Crippen molar-refractivity contribution in [1.29, 1.82) is 0 Å². The molecule has 2 aromatic heterocycles. The summed E-state index contributed by atoms with van der Waals surface area (Å²) in [6.07, 6.45) is 0. The van der Waals surface area contributed by atoms with Crippen LogP contribution < -0.4 is 0 Å². The van der Waals surface area contributed by atoms with Gasteiger partial charge in [-0.25, -0.2) is 9.59 Å². The number of carbonyl (C=O) groups is 2. The molecule has 1 aromatic carbocycles. The number of esters is 2. The molecule has 3 rings (SSSR count). The first kappa shape index (κ1) is 20.0. The Morgan fingerprint density at radius 3 is 1.96 bits per heavy atom. The lowest BCUT2D eigenvalue weighted by Gasteiger charge is -2.17. The number of nitrogens with zero attached hydrogens (tertiary/aromatic N) is 1. The lowest BCUT2D eigenvalue weighted by Crippen LogP contribution is -2.17. The van der Waals surface area contributed by atoms with Gasteiger partial charge in [-0.1, -0.05) is 18.2 Å². The number of hydrogen-bond donors (Lipinski definition) is 0. The fourth-order valence-corrected chi connectivity index (χ4v) is 4.66. The van der Waals surface area contributed by atoms with Crippen molar-refractivity contribution in [2.45, 2.75) is 34.6 Å². The van der Waals surface area contributed by atoms with Crippen LogP contribution in [0, 0.1) is 20.8 Å². The molecule has 0 atom stereocenters. The Hall–Kier alpha value is -2.73. The van der Waals surface area contributed by atoms with Gasteiger partial charge in [0.25, 0.3) is 0 Å². The summed E-state index contributed by atoms with van der Waals surface area (Å²) in [5.74, 6) is -0.963. The minimum Gasteiger partial charge on any atom is -0.462 e. The Morgan fingerprint density at radius 1 is 0.929 bits per heavy atom. The standard InChI is InChI=1S/C22H23NO4S/c1-6-26-21(24)17-13(4)23-14(5)18(22(25)27-7-2)19(17)20-12(3)15-10-8-9-11-16(15)28-20/h8-11H,6-7H2,1-5H3. The van der Waals surface area contributed by atoms with Crippen molar-refractivity contribution in [2.75, 3.05) is 13.2 Å². The van der Waals surface area contributed by atoms with Gasteiger partial charge in [-0.2, -0.15) is 0 Å². The van der Waals surface area contributed by atoms with E-state index in [1.807, 2.05) is 31.2 Å². The monoisotopic (exact) mass is 397 g/mol. The minimum absolute atomic E-state index is 0.242. The van der Waals surface area contributed by atoms with E-state index >= 15 is 0 Å². The van der Waals surface area contributed by atoms with Crippen molar-refractivity contribution in [3.8, 4) is 10.4 Å². The average Bonchev–Trinajstić information content (AvgIpc) is 2.98. The molecule has 0 N–H and O–H groups in total. The van der Waals surface area contributed by atoms with E-state index in [1.165, 1.54) is 0 Å². The molecule has 2 heterocycles. The van der Waals surface area contributed by atoms with Crippen LogP contribution in [0.1, 0.15) is 51.5 Å². The van der Waals surface area contributed by atoms with Crippen LogP contribution in [0.15, 0.2) is 24.3 Å². The molecular formula is C22H23NO4S. The average molecular weight is 397 g/mol. The molecule has 28 heavy (non-hydrogen) atoms. The smallest absolute Gasteiger partial charge is 0.340 e. The van der Waals surface area contributed by atoms with Gasteiger partial charge in [0.2, 0.25) is 0 Å². The highest BCUT2D eigenvalue weighted by Gasteiger charge is 2.29. The van der Waals surface area contributed by atoms with E-state index in [9.17, 15) is 9.59 Å². The molecule has 0 unspecified atom stereocenters. The number of hydrogen-bond acceptors (Lipinski definition) is 6. The number of aryl methyl sites for hydroxylation is 3. The van der Waals surface area contributed by atoms with E-state index in [2.05, 4.69) is 4.98 Å². The van der Waals surface area contributed by atoms with Gasteiger partial charge in [0.05, 0.1) is 35.7 Å². The Labute approximate surface area is 168 Å². The molecule has 0 aliphatic rings. The van der Waals surface area contributed by atoms with Crippen molar-refractivity contribution in [3.05, 3.63) is 52.3 Å². The van der Waals surface area contributed by atoms with E-state index in [-0.39, 0.29) is 13.2 Å².